The predicted octanol–water partition coefficient (Wildman–Crippen LogP) is 2.42. The van der Waals surface area contributed by atoms with Gasteiger partial charge in [-0.3, -0.25) is 4.18 Å². The Balaban J connectivity index is 5.60. The summed E-state index contributed by atoms with van der Waals surface area (Å²) in [6.07, 6.45) is 0. The van der Waals surface area contributed by atoms with Crippen molar-refractivity contribution in [2.24, 2.45) is 5.41 Å². The Morgan fingerprint density at radius 2 is 1.33 bits per heavy atom. The van der Waals surface area contributed by atoms with Crippen molar-refractivity contribution in [3.05, 3.63) is 0 Å². The molecule has 0 aliphatic carbocycles. The second-order valence-electron chi connectivity index (χ2n) is 4.96. The molecule has 0 atom stereocenters. The zero-order valence-corrected chi connectivity index (χ0v) is 10.7. The summed E-state index contributed by atoms with van der Waals surface area (Å²) in [5.74, 6) is -3.39. The highest BCUT2D eigenvalue weighted by atomic mass is 32.2. The van der Waals surface area contributed by atoms with Crippen LogP contribution in [0.1, 0.15) is 34.6 Å². The van der Waals surface area contributed by atoms with E-state index in [1.54, 1.807) is 0 Å². The smallest absolute Gasteiger partial charge is 0.273 e. The lowest BCUT2D eigenvalue weighted by atomic mass is 9.81. The molecule has 15 heavy (non-hydrogen) atoms. The fraction of sp³-hybridized carbons (Fsp3) is 1.00. The number of hydrogen-bond donors (Lipinski definition) is 0. The van der Waals surface area contributed by atoms with E-state index in [1.807, 2.05) is 0 Å². The molecule has 6 heteroatoms. The van der Waals surface area contributed by atoms with Gasteiger partial charge in [-0.25, -0.2) is 8.78 Å². The van der Waals surface area contributed by atoms with Gasteiger partial charge in [-0.15, -0.1) is 0 Å². The van der Waals surface area contributed by atoms with E-state index in [4.69, 9.17) is 0 Å². The normalized spacial score (nSPS) is 15.5. The molecule has 0 bridgehead atoms. The van der Waals surface area contributed by atoms with Crippen LogP contribution in [0.15, 0.2) is 0 Å². The molecule has 92 valence electrons. The lowest BCUT2D eigenvalue weighted by Crippen LogP contribution is -2.56. The minimum Gasteiger partial charge on any atom is -0.273 e. The van der Waals surface area contributed by atoms with Crippen molar-refractivity contribution in [1.82, 2.24) is 0 Å². The van der Waals surface area contributed by atoms with Crippen molar-refractivity contribution in [3.8, 4) is 0 Å². The summed E-state index contributed by atoms with van der Waals surface area (Å²) in [6.45, 7) is 5.81. The van der Waals surface area contributed by atoms with Crippen LogP contribution in [0.5, 0.6) is 0 Å². The molecular weight excluding hydrogens is 226 g/mol. The molecule has 0 saturated heterocycles. The molecule has 0 fully saturated rings. The highest BCUT2D eigenvalue weighted by molar-refractivity contribution is 7.88. The highest BCUT2D eigenvalue weighted by Gasteiger charge is 2.62. The van der Waals surface area contributed by atoms with Gasteiger partial charge in [0.15, 0.2) is 4.75 Å². The minimum absolute atomic E-state index is 0.885. The first-order chi connectivity index (χ1) is 6.31. The monoisotopic (exact) mass is 244 g/mol. The molecule has 0 rings (SSSR count). The summed E-state index contributed by atoms with van der Waals surface area (Å²) < 4.78 is 52.6. The maximum atomic E-state index is 13.9. The van der Waals surface area contributed by atoms with E-state index >= 15 is 0 Å². The summed E-state index contributed by atoms with van der Waals surface area (Å²) in [7, 11) is -3.40. The Morgan fingerprint density at radius 1 is 1.00 bits per heavy atom. The standard InChI is InChI=1S/C9H18F2O3S/c1-7(2,3)9(10,11)8(4,5)15(12,13)14-6/h1-6H3. The van der Waals surface area contributed by atoms with E-state index in [0.717, 1.165) is 21.0 Å². The Hall–Kier alpha value is -0.230. The molecule has 0 radical (unpaired) electrons. The van der Waals surface area contributed by atoms with E-state index in [1.165, 1.54) is 20.8 Å². The zero-order valence-electron chi connectivity index (χ0n) is 9.89. The Labute approximate surface area is 89.9 Å². The summed E-state index contributed by atoms with van der Waals surface area (Å²) in [5, 5.41) is 0. The van der Waals surface area contributed by atoms with Crippen LogP contribution in [0, 0.1) is 5.41 Å². The molecule has 0 aromatic carbocycles. The highest BCUT2D eigenvalue weighted by Crippen LogP contribution is 2.47. The minimum atomic E-state index is -4.29. The SMILES string of the molecule is COS(=O)(=O)C(C)(C)C(F)(F)C(C)(C)C. The van der Waals surface area contributed by atoms with Crippen LogP contribution in [0.4, 0.5) is 8.78 Å². The molecule has 3 nitrogen and oxygen atoms in total. The van der Waals surface area contributed by atoms with Crippen molar-refractivity contribution in [2.45, 2.75) is 45.3 Å². The van der Waals surface area contributed by atoms with Gasteiger partial charge in [0.25, 0.3) is 16.0 Å². The topological polar surface area (TPSA) is 43.4 Å². The van der Waals surface area contributed by atoms with Gasteiger partial charge in [-0.2, -0.15) is 8.42 Å². The summed E-state index contributed by atoms with van der Waals surface area (Å²) in [4.78, 5) is 0. The fourth-order valence-electron chi connectivity index (χ4n) is 1.27. The first kappa shape index (κ1) is 14.8. The van der Waals surface area contributed by atoms with Gasteiger partial charge >= 0.3 is 0 Å². The van der Waals surface area contributed by atoms with Crippen molar-refractivity contribution in [2.75, 3.05) is 7.11 Å². The van der Waals surface area contributed by atoms with Gasteiger partial charge in [0.2, 0.25) is 0 Å². The first-order valence-corrected chi connectivity index (χ1v) is 5.90. The maximum absolute atomic E-state index is 13.9. The van der Waals surface area contributed by atoms with Crippen molar-refractivity contribution >= 4 is 10.1 Å². The summed E-state index contributed by atoms with van der Waals surface area (Å²) in [6, 6.07) is 0. The number of alkyl halides is 2. The quantitative estimate of drug-likeness (QED) is 0.716. The third-order valence-electron chi connectivity index (χ3n) is 2.54. The lowest BCUT2D eigenvalue weighted by molar-refractivity contribution is -0.123. The first-order valence-electron chi connectivity index (χ1n) is 4.49. The van der Waals surface area contributed by atoms with Gasteiger partial charge in [-0.05, 0) is 13.8 Å². The second kappa shape index (κ2) is 3.66. The van der Waals surface area contributed by atoms with Gasteiger partial charge in [0.1, 0.15) is 0 Å². The molecule has 0 aliphatic rings. The largest absolute Gasteiger partial charge is 0.278 e. The van der Waals surface area contributed by atoms with Crippen LogP contribution in [-0.4, -0.2) is 26.2 Å². The van der Waals surface area contributed by atoms with E-state index < -0.39 is 26.2 Å². The van der Waals surface area contributed by atoms with Crippen LogP contribution >= 0.6 is 0 Å². The molecular formula is C9H18F2O3S. The zero-order chi connectivity index (χ0) is 12.7. The van der Waals surface area contributed by atoms with Crippen molar-refractivity contribution < 1.29 is 21.4 Å². The second-order valence-corrected chi connectivity index (χ2v) is 7.22. The van der Waals surface area contributed by atoms with Crippen LogP contribution in [0.25, 0.3) is 0 Å². The molecule has 0 aliphatic heterocycles. The maximum Gasteiger partial charge on any atom is 0.278 e. The van der Waals surface area contributed by atoms with Crippen molar-refractivity contribution in [1.29, 1.82) is 0 Å². The van der Waals surface area contributed by atoms with Crippen LogP contribution < -0.4 is 0 Å². The molecule has 0 aromatic heterocycles. The van der Waals surface area contributed by atoms with E-state index in [9.17, 15) is 17.2 Å². The molecule has 0 amide bonds. The van der Waals surface area contributed by atoms with Crippen LogP contribution in [0.3, 0.4) is 0 Å². The number of hydrogen-bond acceptors (Lipinski definition) is 3. The average molecular weight is 244 g/mol. The van der Waals surface area contributed by atoms with Crippen LogP contribution in [0.2, 0.25) is 0 Å². The Kier molecular flexibility index (Phi) is 3.60. The van der Waals surface area contributed by atoms with E-state index in [0.29, 0.717) is 0 Å². The third kappa shape index (κ3) is 2.15. The van der Waals surface area contributed by atoms with Gasteiger partial charge in [0, 0.05) is 5.41 Å². The van der Waals surface area contributed by atoms with Gasteiger partial charge in [-0.1, -0.05) is 20.8 Å². The van der Waals surface area contributed by atoms with Crippen LogP contribution in [-0.2, 0) is 14.3 Å². The van der Waals surface area contributed by atoms with E-state index in [-0.39, 0.29) is 0 Å². The van der Waals surface area contributed by atoms with Gasteiger partial charge in [0.05, 0.1) is 7.11 Å². The Morgan fingerprint density at radius 3 is 1.53 bits per heavy atom. The molecule has 0 unspecified atom stereocenters. The fourth-order valence-corrected chi connectivity index (χ4v) is 2.31. The third-order valence-corrected chi connectivity index (χ3v) is 4.49. The summed E-state index contributed by atoms with van der Waals surface area (Å²) in [5.41, 5.74) is -1.46. The average Bonchev–Trinajstić information content (AvgIpc) is 2.01. The van der Waals surface area contributed by atoms with Crippen molar-refractivity contribution in [3.63, 3.8) is 0 Å². The molecule has 0 saturated carbocycles. The Bertz CT molecular complexity index is 326. The molecule has 0 heterocycles. The molecule has 0 aromatic rings. The van der Waals surface area contributed by atoms with Gasteiger partial charge < -0.3 is 0 Å². The predicted molar refractivity (Wildman–Crippen MR) is 54.4 cm³/mol. The molecule has 0 N–H and O–H groups in total. The van der Waals surface area contributed by atoms with E-state index in [2.05, 4.69) is 4.18 Å². The summed E-state index contributed by atoms with van der Waals surface area (Å²) >= 11 is 0. The number of halogens is 2. The number of rotatable bonds is 3. The lowest BCUT2D eigenvalue weighted by Gasteiger charge is -2.40. The molecule has 0 spiro atoms.